The number of benzene rings is 2. The van der Waals surface area contributed by atoms with Crippen molar-refractivity contribution in [2.75, 3.05) is 12.4 Å². The number of ether oxygens (including phenoxy) is 1. The zero-order valence-corrected chi connectivity index (χ0v) is 14.2. The predicted octanol–water partition coefficient (Wildman–Crippen LogP) is 2.54. The molecule has 3 N–H and O–H groups in total. The highest BCUT2D eigenvalue weighted by Crippen LogP contribution is 2.22. The standard InChI is InChI=1S/C17H16N4O3S/c1-24-14-6-2-12(3-7-14)16-10-11-19-17(21-16)20-13-4-8-15(9-5-13)25(18,22)23/h2-11H,1H3,(H2,18,22,23)(H,19,20,21). The first-order valence-corrected chi connectivity index (χ1v) is 8.88. The molecular weight excluding hydrogens is 340 g/mol. The van der Waals surface area contributed by atoms with Crippen molar-refractivity contribution in [3.05, 3.63) is 60.8 Å². The lowest BCUT2D eigenvalue weighted by Crippen LogP contribution is -2.11. The monoisotopic (exact) mass is 356 g/mol. The second-order valence-corrected chi connectivity index (χ2v) is 6.75. The summed E-state index contributed by atoms with van der Waals surface area (Å²) in [4.78, 5) is 8.68. The Morgan fingerprint density at radius 1 is 1.00 bits per heavy atom. The van der Waals surface area contributed by atoms with Crippen LogP contribution in [-0.2, 0) is 10.0 Å². The fraction of sp³-hybridized carbons (Fsp3) is 0.0588. The number of nitrogens with one attached hydrogen (secondary N) is 1. The molecule has 3 rings (SSSR count). The van der Waals surface area contributed by atoms with Crippen LogP contribution < -0.4 is 15.2 Å². The molecule has 1 heterocycles. The molecule has 128 valence electrons. The Morgan fingerprint density at radius 2 is 1.68 bits per heavy atom. The number of sulfonamides is 1. The summed E-state index contributed by atoms with van der Waals surface area (Å²) < 4.78 is 27.7. The van der Waals surface area contributed by atoms with Crippen molar-refractivity contribution in [1.29, 1.82) is 0 Å². The largest absolute Gasteiger partial charge is 0.497 e. The fourth-order valence-electron chi connectivity index (χ4n) is 2.20. The molecule has 0 saturated heterocycles. The van der Waals surface area contributed by atoms with Crippen molar-refractivity contribution in [2.45, 2.75) is 4.90 Å². The van der Waals surface area contributed by atoms with Crippen LogP contribution in [0.15, 0.2) is 65.7 Å². The number of hydrogen-bond acceptors (Lipinski definition) is 6. The van der Waals surface area contributed by atoms with Crippen molar-refractivity contribution < 1.29 is 13.2 Å². The molecule has 0 unspecified atom stereocenters. The fourth-order valence-corrected chi connectivity index (χ4v) is 2.71. The van der Waals surface area contributed by atoms with E-state index in [1.165, 1.54) is 12.1 Å². The van der Waals surface area contributed by atoms with Crippen LogP contribution >= 0.6 is 0 Å². The molecule has 0 aliphatic carbocycles. The van der Waals surface area contributed by atoms with E-state index in [4.69, 9.17) is 9.88 Å². The maximum Gasteiger partial charge on any atom is 0.238 e. The van der Waals surface area contributed by atoms with Gasteiger partial charge in [0.2, 0.25) is 16.0 Å². The van der Waals surface area contributed by atoms with Gasteiger partial charge in [-0.25, -0.2) is 23.5 Å². The van der Waals surface area contributed by atoms with E-state index in [0.29, 0.717) is 11.6 Å². The number of hydrogen-bond donors (Lipinski definition) is 2. The van der Waals surface area contributed by atoms with Gasteiger partial charge in [0.05, 0.1) is 17.7 Å². The van der Waals surface area contributed by atoms with Gasteiger partial charge in [-0.2, -0.15) is 0 Å². The van der Waals surface area contributed by atoms with Crippen molar-refractivity contribution in [3.63, 3.8) is 0 Å². The number of rotatable bonds is 5. The van der Waals surface area contributed by atoms with Gasteiger partial charge >= 0.3 is 0 Å². The quantitative estimate of drug-likeness (QED) is 0.727. The summed E-state index contributed by atoms with van der Waals surface area (Å²) in [5, 5.41) is 8.12. The van der Waals surface area contributed by atoms with Gasteiger partial charge in [0.1, 0.15) is 5.75 Å². The minimum Gasteiger partial charge on any atom is -0.497 e. The second kappa shape index (κ2) is 6.88. The molecule has 2 aromatic carbocycles. The highest BCUT2D eigenvalue weighted by molar-refractivity contribution is 7.89. The number of aromatic nitrogens is 2. The molecular formula is C17H16N4O3S. The van der Waals surface area contributed by atoms with E-state index in [1.807, 2.05) is 24.3 Å². The zero-order chi connectivity index (χ0) is 17.9. The summed E-state index contributed by atoms with van der Waals surface area (Å²) in [7, 11) is -2.10. The van der Waals surface area contributed by atoms with E-state index in [9.17, 15) is 8.42 Å². The van der Waals surface area contributed by atoms with Crippen LogP contribution in [0.2, 0.25) is 0 Å². The molecule has 0 bridgehead atoms. The predicted molar refractivity (Wildman–Crippen MR) is 95.1 cm³/mol. The van der Waals surface area contributed by atoms with Crippen molar-refractivity contribution in [3.8, 4) is 17.0 Å². The first-order valence-electron chi connectivity index (χ1n) is 7.33. The second-order valence-electron chi connectivity index (χ2n) is 5.19. The Bertz CT molecular complexity index is 972. The maximum absolute atomic E-state index is 11.3. The van der Waals surface area contributed by atoms with Crippen LogP contribution in [0.4, 0.5) is 11.6 Å². The van der Waals surface area contributed by atoms with Gasteiger partial charge in [-0.3, -0.25) is 0 Å². The highest BCUT2D eigenvalue weighted by atomic mass is 32.2. The molecule has 1 aromatic heterocycles. The smallest absolute Gasteiger partial charge is 0.238 e. The van der Waals surface area contributed by atoms with Crippen molar-refractivity contribution in [2.24, 2.45) is 5.14 Å². The summed E-state index contributed by atoms with van der Waals surface area (Å²) >= 11 is 0. The maximum atomic E-state index is 11.3. The molecule has 0 spiro atoms. The van der Waals surface area contributed by atoms with Gasteiger partial charge in [0.25, 0.3) is 0 Å². The van der Waals surface area contributed by atoms with Gasteiger partial charge in [0, 0.05) is 17.4 Å². The molecule has 7 nitrogen and oxygen atoms in total. The number of nitrogens with two attached hydrogens (primary N) is 1. The average molecular weight is 356 g/mol. The topological polar surface area (TPSA) is 107 Å². The lowest BCUT2D eigenvalue weighted by atomic mass is 10.1. The molecule has 0 amide bonds. The van der Waals surface area contributed by atoms with E-state index in [0.717, 1.165) is 17.0 Å². The van der Waals surface area contributed by atoms with E-state index >= 15 is 0 Å². The third kappa shape index (κ3) is 4.11. The molecule has 3 aromatic rings. The van der Waals surface area contributed by atoms with Gasteiger partial charge in [-0.1, -0.05) is 0 Å². The zero-order valence-electron chi connectivity index (χ0n) is 13.4. The molecule has 8 heteroatoms. The number of primary sulfonamides is 1. The SMILES string of the molecule is COc1ccc(-c2ccnc(Nc3ccc(S(N)(=O)=O)cc3)n2)cc1. The van der Waals surface area contributed by atoms with Crippen LogP contribution in [0.1, 0.15) is 0 Å². The minimum atomic E-state index is -3.71. The van der Waals surface area contributed by atoms with Gasteiger partial charge < -0.3 is 10.1 Å². The molecule has 0 aliphatic heterocycles. The Balaban J connectivity index is 1.81. The molecule has 0 fully saturated rings. The van der Waals surface area contributed by atoms with Crippen molar-refractivity contribution >= 4 is 21.7 Å². The molecule has 0 saturated carbocycles. The first-order chi connectivity index (χ1) is 12.0. The summed E-state index contributed by atoms with van der Waals surface area (Å²) in [5.41, 5.74) is 2.33. The summed E-state index contributed by atoms with van der Waals surface area (Å²) in [6.07, 6.45) is 1.65. The molecule has 0 atom stereocenters. The van der Waals surface area contributed by atoms with E-state index in [2.05, 4.69) is 15.3 Å². The van der Waals surface area contributed by atoms with Crippen molar-refractivity contribution in [1.82, 2.24) is 9.97 Å². The Labute approximate surface area is 145 Å². The van der Waals surface area contributed by atoms with Crippen LogP contribution in [0.3, 0.4) is 0 Å². The third-order valence-corrected chi connectivity index (χ3v) is 4.41. The van der Waals surface area contributed by atoms with Gasteiger partial charge in [-0.15, -0.1) is 0 Å². The summed E-state index contributed by atoms with van der Waals surface area (Å²) in [6.45, 7) is 0. The number of methoxy groups -OCH3 is 1. The Morgan fingerprint density at radius 3 is 2.28 bits per heavy atom. The van der Waals surface area contributed by atoms with Crippen LogP contribution in [0, 0.1) is 0 Å². The van der Waals surface area contributed by atoms with Crippen LogP contribution in [0.25, 0.3) is 11.3 Å². The first kappa shape index (κ1) is 16.9. The normalized spacial score (nSPS) is 11.1. The van der Waals surface area contributed by atoms with Crippen LogP contribution in [-0.4, -0.2) is 25.5 Å². The molecule has 0 aliphatic rings. The van der Waals surface area contributed by atoms with Crippen LogP contribution in [0.5, 0.6) is 5.75 Å². The highest BCUT2D eigenvalue weighted by Gasteiger charge is 2.08. The Hall–Kier alpha value is -2.97. The number of nitrogens with zero attached hydrogens (tertiary/aromatic N) is 2. The lowest BCUT2D eigenvalue weighted by Gasteiger charge is -2.08. The Kier molecular flexibility index (Phi) is 4.64. The number of anilines is 2. The molecule has 25 heavy (non-hydrogen) atoms. The van der Waals surface area contributed by atoms with E-state index < -0.39 is 10.0 Å². The summed E-state index contributed by atoms with van der Waals surface area (Å²) in [6, 6.07) is 15.4. The van der Waals surface area contributed by atoms with E-state index in [-0.39, 0.29) is 4.90 Å². The average Bonchev–Trinajstić information content (AvgIpc) is 2.62. The van der Waals surface area contributed by atoms with Gasteiger partial charge in [0.15, 0.2) is 0 Å². The lowest BCUT2D eigenvalue weighted by molar-refractivity contribution is 0.415. The summed E-state index contributed by atoms with van der Waals surface area (Å²) in [5.74, 6) is 1.17. The minimum absolute atomic E-state index is 0.0472. The van der Waals surface area contributed by atoms with Gasteiger partial charge in [-0.05, 0) is 54.6 Å². The van der Waals surface area contributed by atoms with E-state index in [1.54, 1.807) is 31.5 Å². The third-order valence-electron chi connectivity index (χ3n) is 3.48. The molecule has 0 radical (unpaired) electrons.